The molecule has 1 amide bonds. The molecule has 0 radical (unpaired) electrons. The molecule has 0 bridgehead atoms. The monoisotopic (exact) mass is 265 g/mol. The van der Waals surface area contributed by atoms with Gasteiger partial charge in [-0.05, 0) is 11.8 Å². The highest BCUT2D eigenvalue weighted by Crippen LogP contribution is 2.16. The highest BCUT2D eigenvalue weighted by molar-refractivity contribution is 7.88. The molecule has 0 spiro atoms. The normalized spacial score (nSPS) is 14.4. The molecule has 0 aliphatic heterocycles. The second-order valence-electron chi connectivity index (χ2n) is 5.15. The smallest absolute Gasteiger partial charge is 0.237 e. The summed E-state index contributed by atoms with van der Waals surface area (Å²) in [6.45, 7) is 6.39. The Bertz CT molecular complexity index is 346. The molecule has 0 aromatic heterocycles. The van der Waals surface area contributed by atoms with Crippen LogP contribution < -0.4 is 15.8 Å². The van der Waals surface area contributed by atoms with Crippen molar-refractivity contribution in [2.75, 3.05) is 19.3 Å². The first kappa shape index (κ1) is 16.3. The lowest BCUT2D eigenvalue weighted by Crippen LogP contribution is -2.49. The Labute approximate surface area is 103 Å². The molecule has 6 nitrogen and oxygen atoms in total. The molecule has 0 saturated carbocycles. The quantitative estimate of drug-likeness (QED) is 0.559. The van der Waals surface area contributed by atoms with Crippen molar-refractivity contribution in [3.8, 4) is 0 Å². The minimum absolute atomic E-state index is 0.211. The van der Waals surface area contributed by atoms with Gasteiger partial charge in [-0.3, -0.25) is 4.79 Å². The van der Waals surface area contributed by atoms with Crippen LogP contribution in [0.5, 0.6) is 0 Å². The highest BCUT2D eigenvalue weighted by atomic mass is 32.2. The summed E-state index contributed by atoms with van der Waals surface area (Å²) in [4.78, 5) is 11.6. The zero-order chi connectivity index (χ0) is 13.7. The van der Waals surface area contributed by atoms with Gasteiger partial charge in [0.2, 0.25) is 15.9 Å². The third kappa shape index (κ3) is 8.12. The highest BCUT2D eigenvalue weighted by Gasteiger charge is 2.26. The van der Waals surface area contributed by atoms with Gasteiger partial charge in [-0.2, -0.15) is 0 Å². The molecule has 0 fully saturated rings. The van der Waals surface area contributed by atoms with Crippen molar-refractivity contribution in [2.45, 2.75) is 33.2 Å². The minimum atomic E-state index is -3.15. The van der Waals surface area contributed by atoms with Crippen LogP contribution in [0.25, 0.3) is 0 Å². The lowest BCUT2D eigenvalue weighted by atomic mass is 9.87. The Morgan fingerprint density at radius 2 is 1.82 bits per heavy atom. The Morgan fingerprint density at radius 3 is 2.24 bits per heavy atom. The zero-order valence-corrected chi connectivity index (χ0v) is 11.7. The van der Waals surface area contributed by atoms with E-state index in [1.807, 2.05) is 20.8 Å². The van der Waals surface area contributed by atoms with E-state index >= 15 is 0 Å². The van der Waals surface area contributed by atoms with E-state index in [-0.39, 0.29) is 11.3 Å². The van der Waals surface area contributed by atoms with Crippen molar-refractivity contribution in [3.63, 3.8) is 0 Å². The van der Waals surface area contributed by atoms with E-state index in [1.54, 1.807) is 0 Å². The summed E-state index contributed by atoms with van der Waals surface area (Å²) in [5, 5.41) is 2.68. The zero-order valence-electron chi connectivity index (χ0n) is 10.9. The van der Waals surface area contributed by atoms with Crippen LogP contribution in [0.1, 0.15) is 27.2 Å². The van der Waals surface area contributed by atoms with Gasteiger partial charge in [-0.15, -0.1) is 0 Å². The van der Waals surface area contributed by atoms with Crippen LogP contribution in [0.3, 0.4) is 0 Å². The topological polar surface area (TPSA) is 101 Å². The summed E-state index contributed by atoms with van der Waals surface area (Å²) >= 11 is 0. The number of nitrogens with two attached hydrogens (primary N) is 1. The first-order chi connectivity index (χ1) is 7.54. The first-order valence-electron chi connectivity index (χ1n) is 5.52. The second-order valence-corrected chi connectivity index (χ2v) is 6.99. The number of rotatable bonds is 6. The van der Waals surface area contributed by atoms with Crippen molar-refractivity contribution in [3.05, 3.63) is 0 Å². The van der Waals surface area contributed by atoms with Crippen LogP contribution >= 0.6 is 0 Å². The molecule has 0 aromatic carbocycles. The fraction of sp³-hybridized carbons (Fsp3) is 0.900. The lowest BCUT2D eigenvalue weighted by Gasteiger charge is -2.25. The van der Waals surface area contributed by atoms with Crippen LogP contribution in [0.4, 0.5) is 0 Å². The summed E-state index contributed by atoms with van der Waals surface area (Å²) < 4.78 is 23.8. The van der Waals surface area contributed by atoms with Gasteiger partial charge in [0.05, 0.1) is 12.3 Å². The van der Waals surface area contributed by atoms with E-state index in [0.717, 1.165) is 6.26 Å². The van der Waals surface area contributed by atoms with E-state index in [2.05, 4.69) is 10.0 Å². The molecule has 0 aliphatic carbocycles. The molecule has 17 heavy (non-hydrogen) atoms. The molecule has 0 saturated heterocycles. The number of sulfonamides is 1. The van der Waals surface area contributed by atoms with Gasteiger partial charge in [-0.25, -0.2) is 13.1 Å². The molecular weight excluding hydrogens is 242 g/mol. The van der Waals surface area contributed by atoms with Crippen molar-refractivity contribution in [1.29, 1.82) is 0 Å². The van der Waals surface area contributed by atoms with Gasteiger partial charge in [0.15, 0.2) is 0 Å². The van der Waals surface area contributed by atoms with E-state index in [4.69, 9.17) is 5.73 Å². The first-order valence-corrected chi connectivity index (χ1v) is 7.41. The number of carbonyl (C=O) groups excluding carboxylic acids is 1. The Hall–Kier alpha value is -0.660. The summed E-state index contributed by atoms with van der Waals surface area (Å²) in [6, 6.07) is -0.564. The van der Waals surface area contributed by atoms with Crippen LogP contribution in [0, 0.1) is 5.41 Å². The van der Waals surface area contributed by atoms with E-state index in [1.165, 1.54) is 0 Å². The van der Waals surface area contributed by atoms with E-state index in [9.17, 15) is 13.2 Å². The molecule has 102 valence electrons. The van der Waals surface area contributed by atoms with Gasteiger partial charge in [0.25, 0.3) is 0 Å². The Kier molecular flexibility index (Phi) is 6.08. The van der Waals surface area contributed by atoms with Crippen molar-refractivity contribution in [2.24, 2.45) is 11.1 Å². The largest absolute Gasteiger partial charge is 0.355 e. The fourth-order valence-electron chi connectivity index (χ4n) is 1.06. The number of nitrogens with one attached hydrogen (secondary N) is 2. The number of carbonyl (C=O) groups is 1. The maximum Gasteiger partial charge on any atom is 0.237 e. The predicted octanol–water partition coefficient (Wildman–Crippen LogP) is -0.585. The van der Waals surface area contributed by atoms with Crippen molar-refractivity contribution >= 4 is 15.9 Å². The summed E-state index contributed by atoms with van der Waals surface area (Å²) in [5.74, 6) is -0.211. The minimum Gasteiger partial charge on any atom is -0.355 e. The van der Waals surface area contributed by atoms with Gasteiger partial charge in [0, 0.05) is 13.1 Å². The fourth-order valence-corrected chi connectivity index (χ4v) is 1.58. The van der Waals surface area contributed by atoms with Gasteiger partial charge in [0.1, 0.15) is 0 Å². The molecule has 0 aliphatic rings. The third-order valence-electron chi connectivity index (χ3n) is 2.23. The molecule has 0 aromatic rings. The Morgan fingerprint density at radius 1 is 1.29 bits per heavy atom. The van der Waals surface area contributed by atoms with E-state index < -0.39 is 16.1 Å². The van der Waals surface area contributed by atoms with Gasteiger partial charge >= 0.3 is 0 Å². The van der Waals surface area contributed by atoms with Gasteiger partial charge in [-0.1, -0.05) is 20.8 Å². The summed E-state index contributed by atoms with van der Waals surface area (Å²) in [7, 11) is -3.15. The third-order valence-corrected chi connectivity index (χ3v) is 2.96. The molecule has 4 N–H and O–H groups in total. The van der Waals surface area contributed by atoms with Crippen LogP contribution in [0.2, 0.25) is 0 Å². The average Bonchev–Trinajstić information content (AvgIpc) is 2.12. The van der Waals surface area contributed by atoms with Crippen LogP contribution in [-0.4, -0.2) is 39.7 Å². The molecule has 0 unspecified atom stereocenters. The standard InChI is InChI=1S/C10H23N3O3S/c1-10(2,3)8(11)9(14)12-6-5-7-13-17(4,15)16/h8,13H,5-7,11H2,1-4H3,(H,12,14)/t8-/m0/s1. The Balaban J connectivity index is 3.80. The van der Waals surface area contributed by atoms with Gasteiger partial charge < -0.3 is 11.1 Å². The molecule has 0 rings (SSSR count). The van der Waals surface area contributed by atoms with Crippen molar-refractivity contribution < 1.29 is 13.2 Å². The molecule has 7 heteroatoms. The number of hydrogen-bond donors (Lipinski definition) is 3. The summed E-state index contributed by atoms with van der Waals surface area (Å²) in [6.07, 6.45) is 1.64. The van der Waals surface area contributed by atoms with E-state index in [0.29, 0.717) is 19.5 Å². The second kappa shape index (κ2) is 6.32. The predicted molar refractivity (Wildman–Crippen MR) is 67.9 cm³/mol. The van der Waals surface area contributed by atoms with Crippen molar-refractivity contribution in [1.82, 2.24) is 10.0 Å². The number of amides is 1. The lowest BCUT2D eigenvalue weighted by molar-refractivity contribution is -0.124. The maximum absolute atomic E-state index is 11.6. The molecule has 0 heterocycles. The molecular formula is C10H23N3O3S. The van der Waals surface area contributed by atoms with Crippen LogP contribution in [-0.2, 0) is 14.8 Å². The number of hydrogen-bond acceptors (Lipinski definition) is 4. The average molecular weight is 265 g/mol. The summed E-state index contributed by atoms with van der Waals surface area (Å²) in [5.41, 5.74) is 5.47. The maximum atomic E-state index is 11.6. The SMILES string of the molecule is CC(C)(C)[C@@H](N)C(=O)NCCCNS(C)(=O)=O. The van der Waals surface area contributed by atoms with Crippen LogP contribution in [0.15, 0.2) is 0 Å². The molecule has 1 atom stereocenters.